The highest BCUT2D eigenvalue weighted by molar-refractivity contribution is 7.85. The van der Waals surface area contributed by atoms with E-state index in [1.807, 2.05) is 0 Å². The molecule has 0 amide bonds. The molecule has 0 radical (unpaired) electrons. The topological polar surface area (TPSA) is 63.6 Å². The lowest BCUT2D eigenvalue weighted by molar-refractivity contribution is 0.0693. The first kappa shape index (κ1) is 13.9. The molecule has 1 aromatic rings. The summed E-state index contributed by atoms with van der Waals surface area (Å²) in [5.41, 5.74) is 0.123. The zero-order valence-corrected chi connectivity index (χ0v) is 10.5. The van der Waals surface area contributed by atoms with E-state index in [2.05, 4.69) is 0 Å². The second-order valence-electron chi connectivity index (χ2n) is 3.55. The van der Waals surface area contributed by atoms with Crippen LogP contribution in [0.3, 0.4) is 0 Å². The Balaban J connectivity index is 2.65. The van der Waals surface area contributed by atoms with Crippen molar-refractivity contribution in [2.45, 2.75) is 17.7 Å². The van der Waals surface area contributed by atoms with Crippen LogP contribution in [-0.4, -0.2) is 34.8 Å². The van der Waals surface area contributed by atoms with E-state index in [1.54, 1.807) is 25.3 Å². The fourth-order valence-electron chi connectivity index (χ4n) is 1.43. The van der Waals surface area contributed by atoms with Crippen LogP contribution in [0.5, 0.6) is 0 Å². The Bertz CT molecular complexity index is 403. The molecule has 4 nitrogen and oxygen atoms in total. The van der Waals surface area contributed by atoms with Gasteiger partial charge in [0, 0.05) is 19.5 Å². The molecular weight excluding hydrogens is 240 g/mol. The Kier molecular flexibility index (Phi) is 5.86. The van der Waals surface area contributed by atoms with Crippen LogP contribution in [0.25, 0.3) is 0 Å². The summed E-state index contributed by atoms with van der Waals surface area (Å²) in [5, 5.41) is 8.97. The van der Waals surface area contributed by atoms with Gasteiger partial charge in [-0.1, -0.05) is 12.1 Å². The van der Waals surface area contributed by atoms with Crippen molar-refractivity contribution in [3.05, 3.63) is 29.8 Å². The minimum atomic E-state index is -1.26. The standard InChI is InChI=1S/C12H16O4S/c1-16-8-4-5-9-17(15)11-7-3-2-6-10(11)12(13)14/h2-3,6-7H,4-5,8-9H2,1H3,(H,13,14). The summed E-state index contributed by atoms with van der Waals surface area (Å²) in [6, 6.07) is 6.42. The number of carboxylic acids is 1. The molecule has 5 heteroatoms. The number of unbranched alkanes of at least 4 members (excludes halogenated alkanes) is 1. The van der Waals surface area contributed by atoms with Gasteiger partial charge >= 0.3 is 5.97 Å². The zero-order chi connectivity index (χ0) is 12.7. The monoisotopic (exact) mass is 256 g/mol. The van der Waals surface area contributed by atoms with Gasteiger partial charge in [-0.25, -0.2) is 4.79 Å². The van der Waals surface area contributed by atoms with Crippen LogP contribution in [0.4, 0.5) is 0 Å². The summed E-state index contributed by atoms with van der Waals surface area (Å²) in [6.07, 6.45) is 1.59. The summed E-state index contributed by atoms with van der Waals surface area (Å²) in [4.78, 5) is 11.3. The van der Waals surface area contributed by atoms with Crippen molar-refractivity contribution in [1.29, 1.82) is 0 Å². The van der Waals surface area contributed by atoms with Crippen molar-refractivity contribution in [3.8, 4) is 0 Å². The van der Waals surface area contributed by atoms with Crippen molar-refractivity contribution < 1.29 is 18.8 Å². The average Bonchev–Trinajstić information content (AvgIpc) is 2.34. The molecular formula is C12H16O4S. The van der Waals surface area contributed by atoms with Crippen molar-refractivity contribution >= 4 is 16.8 Å². The van der Waals surface area contributed by atoms with E-state index in [1.165, 1.54) is 6.07 Å². The van der Waals surface area contributed by atoms with Crippen LogP contribution in [0.15, 0.2) is 29.2 Å². The molecule has 0 saturated heterocycles. The molecule has 0 aliphatic rings. The van der Waals surface area contributed by atoms with Crippen LogP contribution < -0.4 is 0 Å². The van der Waals surface area contributed by atoms with Crippen LogP contribution in [-0.2, 0) is 15.5 Å². The average molecular weight is 256 g/mol. The fraction of sp³-hybridized carbons (Fsp3) is 0.417. The molecule has 17 heavy (non-hydrogen) atoms. The molecule has 94 valence electrons. The predicted molar refractivity (Wildman–Crippen MR) is 65.8 cm³/mol. The van der Waals surface area contributed by atoms with E-state index in [-0.39, 0.29) is 5.56 Å². The zero-order valence-electron chi connectivity index (χ0n) is 9.72. The molecule has 1 aromatic carbocycles. The summed E-state index contributed by atoms with van der Waals surface area (Å²) < 4.78 is 16.8. The third kappa shape index (κ3) is 4.28. The summed E-state index contributed by atoms with van der Waals surface area (Å²) >= 11 is 0. The second-order valence-corrected chi connectivity index (χ2v) is 5.09. The van der Waals surface area contributed by atoms with Crippen LogP contribution in [0.2, 0.25) is 0 Å². The Morgan fingerprint density at radius 3 is 2.71 bits per heavy atom. The highest BCUT2D eigenvalue weighted by Crippen LogP contribution is 2.14. The van der Waals surface area contributed by atoms with Gasteiger partial charge in [-0.3, -0.25) is 4.21 Å². The van der Waals surface area contributed by atoms with E-state index in [4.69, 9.17) is 9.84 Å². The van der Waals surface area contributed by atoms with Gasteiger partial charge in [0.05, 0.1) is 21.3 Å². The Morgan fingerprint density at radius 2 is 2.06 bits per heavy atom. The maximum absolute atomic E-state index is 11.9. The van der Waals surface area contributed by atoms with Crippen LogP contribution in [0, 0.1) is 0 Å². The van der Waals surface area contributed by atoms with Gasteiger partial charge in [-0.15, -0.1) is 0 Å². The van der Waals surface area contributed by atoms with Gasteiger partial charge in [0.2, 0.25) is 0 Å². The molecule has 0 fully saturated rings. The lowest BCUT2D eigenvalue weighted by Gasteiger charge is -2.05. The number of aromatic carboxylic acids is 1. The first-order valence-electron chi connectivity index (χ1n) is 5.36. The third-order valence-electron chi connectivity index (χ3n) is 2.29. The number of benzene rings is 1. The van der Waals surface area contributed by atoms with E-state index >= 15 is 0 Å². The molecule has 1 rings (SSSR count). The number of methoxy groups -OCH3 is 1. The summed E-state index contributed by atoms with van der Waals surface area (Å²) in [6.45, 7) is 0.637. The van der Waals surface area contributed by atoms with Gasteiger partial charge < -0.3 is 9.84 Å². The molecule has 0 spiro atoms. The van der Waals surface area contributed by atoms with E-state index < -0.39 is 16.8 Å². The molecule has 0 bridgehead atoms. The molecule has 0 aliphatic carbocycles. The van der Waals surface area contributed by atoms with Crippen molar-refractivity contribution in [2.75, 3.05) is 19.5 Å². The first-order valence-corrected chi connectivity index (χ1v) is 6.68. The third-order valence-corrected chi connectivity index (χ3v) is 3.80. The highest BCUT2D eigenvalue weighted by atomic mass is 32.2. The quantitative estimate of drug-likeness (QED) is 0.757. The fourth-order valence-corrected chi connectivity index (χ4v) is 2.75. The Labute approximate surface area is 103 Å². The lowest BCUT2D eigenvalue weighted by atomic mass is 10.2. The van der Waals surface area contributed by atoms with E-state index in [9.17, 15) is 9.00 Å². The van der Waals surface area contributed by atoms with Crippen LogP contribution >= 0.6 is 0 Å². The largest absolute Gasteiger partial charge is 0.478 e. The second kappa shape index (κ2) is 7.19. The van der Waals surface area contributed by atoms with Crippen LogP contribution in [0.1, 0.15) is 23.2 Å². The number of ether oxygens (including phenoxy) is 1. The summed E-state index contributed by atoms with van der Waals surface area (Å²) in [5.74, 6) is -0.570. The number of hydrogen-bond acceptors (Lipinski definition) is 3. The molecule has 0 aromatic heterocycles. The summed E-state index contributed by atoms with van der Waals surface area (Å²) in [7, 11) is 0.366. The van der Waals surface area contributed by atoms with Gasteiger partial charge in [0.15, 0.2) is 0 Å². The predicted octanol–water partition coefficient (Wildman–Crippen LogP) is 1.92. The van der Waals surface area contributed by atoms with E-state index in [0.29, 0.717) is 17.3 Å². The van der Waals surface area contributed by atoms with Gasteiger partial charge in [0.25, 0.3) is 0 Å². The minimum absolute atomic E-state index is 0.123. The molecule has 1 N–H and O–H groups in total. The Morgan fingerprint density at radius 1 is 1.35 bits per heavy atom. The Hall–Kier alpha value is -1.20. The molecule has 0 aliphatic heterocycles. The van der Waals surface area contributed by atoms with Crippen molar-refractivity contribution in [2.24, 2.45) is 0 Å². The normalized spacial score (nSPS) is 12.3. The number of hydrogen-bond donors (Lipinski definition) is 1. The van der Waals surface area contributed by atoms with Crippen molar-refractivity contribution in [1.82, 2.24) is 0 Å². The molecule has 1 atom stereocenters. The number of carbonyl (C=O) groups is 1. The minimum Gasteiger partial charge on any atom is -0.478 e. The van der Waals surface area contributed by atoms with Gasteiger partial charge in [-0.2, -0.15) is 0 Å². The lowest BCUT2D eigenvalue weighted by Crippen LogP contribution is -2.07. The van der Waals surface area contributed by atoms with Crippen molar-refractivity contribution in [3.63, 3.8) is 0 Å². The van der Waals surface area contributed by atoms with E-state index in [0.717, 1.165) is 12.8 Å². The number of rotatable bonds is 7. The SMILES string of the molecule is COCCCCS(=O)c1ccccc1C(=O)O. The molecule has 1 unspecified atom stereocenters. The smallest absolute Gasteiger partial charge is 0.336 e. The first-order chi connectivity index (χ1) is 8.16. The number of carboxylic acid groups (broad SMARTS) is 1. The highest BCUT2D eigenvalue weighted by Gasteiger charge is 2.13. The molecule has 0 saturated carbocycles. The van der Waals surface area contributed by atoms with Gasteiger partial charge in [0.1, 0.15) is 0 Å². The molecule has 0 heterocycles. The maximum Gasteiger partial charge on any atom is 0.336 e. The maximum atomic E-state index is 11.9. The van der Waals surface area contributed by atoms with Gasteiger partial charge in [-0.05, 0) is 25.0 Å².